The summed E-state index contributed by atoms with van der Waals surface area (Å²) < 4.78 is 42.8. The van der Waals surface area contributed by atoms with Crippen molar-refractivity contribution in [2.75, 3.05) is 7.11 Å². The average molecular weight is 275 g/mol. The summed E-state index contributed by atoms with van der Waals surface area (Å²) in [4.78, 5) is 11.6. The Labute approximate surface area is 110 Å². The Morgan fingerprint density at radius 2 is 1.79 bits per heavy atom. The van der Waals surface area contributed by atoms with Crippen molar-refractivity contribution in [3.8, 4) is 0 Å². The van der Waals surface area contributed by atoms with Gasteiger partial charge >= 0.3 is 12.3 Å². The topological polar surface area (TPSA) is 29.5 Å². The molecular weight excluding hydrogens is 259 g/mol. The van der Waals surface area contributed by atoms with Gasteiger partial charge in [0.1, 0.15) is 0 Å². The fraction of sp³-hybridized carbons (Fsp3) is 0.462. The minimum absolute atomic E-state index is 0.247. The molecule has 0 aromatic heterocycles. The van der Waals surface area contributed by atoms with Gasteiger partial charge in [-0.3, -0.25) is 0 Å². The summed E-state index contributed by atoms with van der Waals surface area (Å²) in [7, 11) is 1.25. The van der Waals surface area contributed by atoms with Crippen LogP contribution in [0.5, 0.6) is 0 Å². The van der Waals surface area contributed by atoms with Crippen LogP contribution in [-0.2, 0) is 11.3 Å². The molecule has 0 N–H and O–H groups in total. The third-order valence-corrected chi connectivity index (χ3v) is 2.68. The monoisotopic (exact) mass is 275 g/mol. The van der Waals surface area contributed by atoms with Gasteiger partial charge in [-0.05, 0) is 31.5 Å². The molecule has 0 spiro atoms. The number of methoxy groups -OCH3 is 1. The van der Waals surface area contributed by atoms with Crippen LogP contribution in [0.2, 0.25) is 0 Å². The van der Waals surface area contributed by atoms with E-state index in [1.54, 1.807) is 0 Å². The lowest BCUT2D eigenvalue weighted by Gasteiger charge is -2.28. The Balaban J connectivity index is 2.84. The number of ether oxygens (including phenoxy) is 1. The molecule has 3 nitrogen and oxygen atoms in total. The second kappa shape index (κ2) is 6.06. The third kappa shape index (κ3) is 4.24. The Hall–Kier alpha value is -1.56. The van der Waals surface area contributed by atoms with Gasteiger partial charge in [0.25, 0.3) is 0 Å². The van der Waals surface area contributed by atoms with E-state index in [1.165, 1.54) is 45.2 Å². The minimum Gasteiger partial charge on any atom is -0.465 e. The zero-order valence-electron chi connectivity index (χ0n) is 11.0. The van der Waals surface area contributed by atoms with Crippen molar-refractivity contribution in [3.05, 3.63) is 35.4 Å². The molecular formula is C13H16F3NO2. The van der Waals surface area contributed by atoms with Gasteiger partial charge in [0.05, 0.1) is 12.7 Å². The summed E-state index contributed by atoms with van der Waals surface area (Å²) in [6.45, 7) is 2.72. The predicted octanol–water partition coefficient (Wildman–Crippen LogP) is 3.20. The van der Waals surface area contributed by atoms with Crippen LogP contribution in [0, 0.1) is 0 Å². The van der Waals surface area contributed by atoms with Gasteiger partial charge in [0.15, 0.2) is 0 Å². The third-order valence-electron chi connectivity index (χ3n) is 2.68. The molecule has 0 aliphatic heterocycles. The van der Waals surface area contributed by atoms with Gasteiger partial charge in [-0.2, -0.15) is 13.2 Å². The maximum atomic E-state index is 12.8. The predicted molar refractivity (Wildman–Crippen MR) is 64.5 cm³/mol. The lowest BCUT2D eigenvalue weighted by atomic mass is 10.1. The molecule has 0 saturated carbocycles. The highest BCUT2D eigenvalue weighted by Gasteiger charge is 2.38. The van der Waals surface area contributed by atoms with Crippen LogP contribution in [0.1, 0.15) is 29.8 Å². The second-order valence-corrected chi connectivity index (χ2v) is 4.38. The van der Waals surface area contributed by atoms with E-state index in [0.29, 0.717) is 16.0 Å². The summed E-state index contributed by atoms with van der Waals surface area (Å²) >= 11 is 0. The van der Waals surface area contributed by atoms with Crippen LogP contribution in [-0.4, -0.2) is 30.3 Å². The van der Waals surface area contributed by atoms with Gasteiger partial charge in [0.2, 0.25) is 0 Å². The van der Waals surface area contributed by atoms with Gasteiger partial charge in [0, 0.05) is 12.6 Å². The summed E-state index contributed by atoms with van der Waals surface area (Å²) in [5, 5.41) is 0. The second-order valence-electron chi connectivity index (χ2n) is 4.38. The van der Waals surface area contributed by atoms with Crippen LogP contribution in [0.3, 0.4) is 0 Å². The summed E-state index contributed by atoms with van der Waals surface area (Å²) in [6, 6.07) is 5.24. The number of rotatable bonds is 4. The van der Waals surface area contributed by atoms with Gasteiger partial charge in [-0.15, -0.1) is 0 Å². The number of carbonyl (C=O) groups is 1. The van der Waals surface area contributed by atoms with E-state index in [9.17, 15) is 18.0 Å². The molecule has 106 valence electrons. The molecule has 0 aliphatic carbocycles. The molecule has 0 radical (unpaired) electrons. The Kier molecular flexibility index (Phi) is 4.94. The van der Waals surface area contributed by atoms with Crippen LogP contribution in [0.4, 0.5) is 13.2 Å². The fourth-order valence-electron chi connectivity index (χ4n) is 1.63. The fourth-order valence-corrected chi connectivity index (χ4v) is 1.63. The van der Waals surface area contributed by atoms with Gasteiger partial charge in [-0.25, -0.2) is 9.69 Å². The molecule has 0 saturated heterocycles. The van der Waals surface area contributed by atoms with E-state index >= 15 is 0 Å². The highest BCUT2D eigenvalue weighted by molar-refractivity contribution is 5.89. The average Bonchev–Trinajstić information content (AvgIpc) is 2.34. The molecule has 1 aromatic rings. The van der Waals surface area contributed by atoms with E-state index in [0.717, 1.165) is 0 Å². The quantitative estimate of drug-likeness (QED) is 0.624. The molecule has 6 heteroatoms. The lowest BCUT2D eigenvalue weighted by molar-refractivity contribution is -0.259. The molecule has 1 rings (SSSR count). The maximum Gasteiger partial charge on any atom is 0.460 e. The first kappa shape index (κ1) is 15.5. The Morgan fingerprint density at radius 3 is 2.16 bits per heavy atom. The Morgan fingerprint density at radius 1 is 1.26 bits per heavy atom. The molecule has 0 atom stereocenters. The van der Waals surface area contributed by atoms with Crippen molar-refractivity contribution in [2.24, 2.45) is 0 Å². The van der Waals surface area contributed by atoms with Crippen LogP contribution in [0.15, 0.2) is 24.3 Å². The summed E-state index contributed by atoms with van der Waals surface area (Å²) in [5.41, 5.74) is 0.799. The van der Waals surface area contributed by atoms with Crippen LogP contribution < -0.4 is 0 Å². The number of carbonyl (C=O) groups excluding carboxylic acids is 1. The maximum absolute atomic E-state index is 12.8. The summed E-state index contributed by atoms with van der Waals surface area (Å²) in [5.74, 6) is -0.511. The number of alkyl halides is 3. The summed E-state index contributed by atoms with van der Waals surface area (Å²) in [6.07, 6.45) is -4.38. The molecule has 19 heavy (non-hydrogen) atoms. The number of hydrogen-bond acceptors (Lipinski definition) is 3. The first-order valence-corrected chi connectivity index (χ1v) is 5.76. The SMILES string of the molecule is COC(=O)c1ccc(CN(C(C)C)C(F)(F)F)cc1. The molecule has 0 fully saturated rings. The highest BCUT2D eigenvalue weighted by Crippen LogP contribution is 2.26. The number of benzene rings is 1. The van der Waals surface area contributed by atoms with Gasteiger partial charge < -0.3 is 4.74 Å². The van der Waals surface area contributed by atoms with Crippen molar-refractivity contribution in [1.29, 1.82) is 0 Å². The van der Waals surface area contributed by atoms with Crippen LogP contribution >= 0.6 is 0 Å². The standard InChI is InChI=1S/C13H16F3NO2/c1-9(2)17(13(14,15)16)8-10-4-6-11(7-5-10)12(18)19-3/h4-7,9H,8H2,1-3H3. The first-order valence-electron chi connectivity index (χ1n) is 5.76. The van der Waals surface area contributed by atoms with E-state index in [-0.39, 0.29) is 6.54 Å². The smallest absolute Gasteiger partial charge is 0.460 e. The molecule has 0 aliphatic rings. The zero-order chi connectivity index (χ0) is 14.6. The Bertz CT molecular complexity index is 427. The number of nitrogens with zero attached hydrogens (tertiary/aromatic N) is 1. The van der Waals surface area contributed by atoms with E-state index in [2.05, 4.69) is 4.74 Å². The first-order chi connectivity index (χ1) is 8.75. The highest BCUT2D eigenvalue weighted by atomic mass is 19.4. The molecule has 0 unspecified atom stereocenters. The molecule has 0 bridgehead atoms. The molecule has 0 amide bonds. The zero-order valence-corrected chi connectivity index (χ0v) is 11.0. The number of esters is 1. The minimum atomic E-state index is -4.38. The van der Waals surface area contributed by atoms with Crippen molar-refractivity contribution < 1.29 is 22.7 Å². The van der Waals surface area contributed by atoms with Crippen molar-refractivity contribution in [2.45, 2.75) is 32.7 Å². The normalized spacial score (nSPS) is 12.0. The van der Waals surface area contributed by atoms with Gasteiger partial charge in [-0.1, -0.05) is 12.1 Å². The van der Waals surface area contributed by atoms with Crippen molar-refractivity contribution in [1.82, 2.24) is 4.90 Å². The molecule has 1 aromatic carbocycles. The van der Waals surface area contributed by atoms with Crippen molar-refractivity contribution in [3.63, 3.8) is 0 Å². The largest absolute Gasteiger partial charge is 0.465 e. The van der Waals surface area contributed by atoms with E-state index < -0.39 is 18.3 Å². The number of hydrogen-bond donors (Lipinski definition) is 0. The van der Waals surface area contributed by atoms with E-state index in [4.69, 9.17) is 0 Å². The lowest BCUT2D eigenvalue weighted by Crippen LogP contribution is -2.42. The van der Waals surface area contributed by atoms with Crippen molar-refractivity contribution >= 4 is 5.97 Å². The van der Waals surface area contributed by atoms with E-state index in [1.807, 2.05) is 0 Å². The number of halogens is 3. The molecule has 0 heterocycles. The van der Waals surface area contributed by atoms with Crippen LogP contribution in [0.25, 0.3) is 0 Å².